The number of amides is 1. The monoisotopic (exact) mass is 411 g/mol. The van der Waals surface area contributed by atoms with Crippen LogP contribution >= 0.6 is 34.4 Å². The van der Waals surface area contributed by atoms with E-state index in [2.05, 4.69) is 21.4 Å². The summed E-state index contributed by atoms with van der Waals surface area (Å²) in [5, 5.41) is 3.63. The molecule has 0 saturated heterocycles. The van der Waals surface area contributed by atoms with Crippen LogP contribution in [0.3, 0.4) is 0 Å². The quantitative estimate of drug-likeness (QED) is 0.436. The molecule has 1 amide bonds. The van der Waals surface area contributed by atoms with Crippen LogP contribution in [-0.4, -0.2) is 22.1 Å². The van der Waals surface area contributed by atoms with Gasteiger partial charge in [0.15, 0.2) is 9.47 Å². The lowest BCUT2D eigenvalue weighted by molar-refractivity contribution is 0.102. The molecule has 4 aromatic rings. The zero-order valence-electron chi connectivity index (χ0n) is 14.7. The number of nitrogens with zero attached hydrogens (tertiary/aromatic N) is 2. The molecule has 1 N–H and O–H groups in total. The molecule has 0 spiro atoms. The van der Waals surface area contributed by atoms with Gasteiger partial charge in [0.25, 0.3) is 5.91 Å². The van der Waals surface area contributed by atoms with Crippen molar-refractivity contribution in [2.45, 2.75) is 30.0 Å². The molecule has 4 nitrogen and oxygen atoms in total. The van der Waals surface area contributed by atoms with Crippen molar-refractivity contribution in [1.29, 1.82) is 0 Å². The highest BCUT2D eigenvalue weighted by Crippen LogP contribution is 2.38. The average molecular weight is 412 g/mol. The molecular formula is C20H17N3OS3. The summed E-state index contributed by atoms with van der Waals surface area (Å²) in [6, 6.07) is 10.1. The molecule has 0 aliphatic heterocycles. The van der Waals surface area contributed by atoms with E-state index < -0.39 is 0 Å². The second kappa shape index (κ2) is 6.89. The van der Waals surface area contributed by atoms with Gasteiger partial charge in [-0.1, -0.05) is 29.2 Å². The molecule has 0 atom stereocenters. The summed E-state index contributed by atoms with van der Waals surface area (Å²) in [5.41, 5.74) is 5.31. The molecule has 0 bridgehead atoms. The Balaban J connectivity index is 1.46. The van der Waals surface area contributed by atoms with Crippen molar-refractivity contribution < 1.29 is 4.79 Å². The number of benzene rings is 2. The molecule has 2 heterocycles. The molecular weight excluding hydrogens is 394 g/mol. The lowest BCUT2D eigenvalue weighted by Crippen LogP contribution is -2.13. The highest BCUT2D eigenvalue weighted by molar-refractivity contribution is 8.00. The number of aryl methyl sites for hydroxylation is 2. The van der Waals surface area contributed by atoms with Gasteiger partial charge >= 0.3 is 0 Å². The van der Waals surface area contributed by atoms with Crippen molar-refractivity contribution in [3.63, 3.8) is 0 Å². The summed E-state index contributed by atoms with van der Waals surface area (Å²) in [5.74, 6) is -0.0900. The number of anilines is 1. The Morgan fingerprint density at radius 3 is 2.56 bits per heavy atom. The van der Waals surface area contributed by atoms with Gasteiger partial charge in [-0.2, -0.15) is 0 Å². The fraction of sp³-hybridized carbons (Fsp3) is 0.250. The van der Waals surface area contributed by atoms with Crippen molar-refractivity contribution in [2.75, 3.05) is 11.6 Å². The van der Waals surface area contributed by atoms with Gasteiger partial charge in [0.05, 0.1) is 20.4 Å². The Morgan fingerprint density at radius 1 is 1.00 bits per heavy atom. The van der Waals surface area contributed by atoms with Gasteiger partial charge in [-0.25, -0.2) is 9.97 Å². The molecule has 1 aliphatic rings. The summed E-state index contributed by atoms with van der Waals surface area (Å²) in [4.78, 5) is 22.0. The van der Waals surface area contributed by atoms with E-state index in [9.17, 15) is 4.79 Å². The van der Waals surface area contributed by atoms with Crippen molar-refractivity contribution >= 4 is 65.9 Å². The summed E-state index contributed by atoms with van der Waals surface area (Å²) in [6.07, 6.45) is 6.68. The van der Waals surface area contributed by atoms with Crippen LogP contribution in [0, 0.1) is 0 Å². The normalized spacial score (nSPS) is 13.8. The molecule has 27 heavy (non-hydrogen) atoms. The first-order chi connectivity index (χ1) is 13.2. The van der Waals surface area contributed by atoms with Crippen molar-refractivity contribution in [1.82, 2.24) is 9.97 Å². The third-order valence-corrected chi connectivity index (χ3v) is 8.11. The van der Waals surface area contributed by atoms with E-state index in [1.165, 1.54) is 35.3 Å². The highest BCUT2D eigenvalue weighted by Gasteiger charge is 2.16. The second-order valence-corrected chi connectivity index (χ2v) is 9.66. The first-order valence-electron chi connectivity index (χ1n) is 8.88. The standard InChI is InChI=1S/C20H17N3OS3/c1-25-20-22-15-9-8-14-16(17(15)27-20)26-19(21-14)23-18(24)13-7-6-11-4-2-3-5-12(11)10-13/h6-10H,2-5H2,1H3,(H,21,23,24). The molecule has 0 radical (unpaired) electrons. The molecule has 0 fully saturated rings. The second-order valence-electron chi connectivity index (χ2n) is 6.61. The fourth-order valence-electron chi connectivity index (χ4n) is 3.54. The number of carbonyl (C=O) groups is 1. The van der Waals surface area contributed by atoms with Crippen LogP contribution < -0.4 is 5.32 Å². The summed E-state index contributed by atoms with van der Waals surface area (Å²) < 4.78 is 3.28. The van der Waals surface area contributed by atoms with E-state index in [-0.39, 0.29) is 5.91 Å². The van der Waals surface area contributed by atoms with E-state index in [1.54, 1.807) is 23.1 Å². The minimum absolute atomic E-state index is 0.0900. The molecule has 0 unspecified atom stereocenters. The highest BCUT2D eigenvalue weighted by atomic mass is 32.2. The predicted molar refractivity (Wildman–Crippen MR) is 116 cm³/mol. The molecule has 2 aromatic carbocycles. The average Bonchev–Trinajstić information content (AvgIpc) is 3.30. The summed E-state index contributed by atoms with van der Waals surface area (Å²) >= 11 is 4.85. The van der Waals surface area contributed by atoms with E-state index in [4.69, 9.17) is 0 Å². The largest absolute Gasteiger partial charge is 0.298 e. The van der Waals surface area contributed by atoms with Crippen molar-refractivity contribution in [3.8, 4) is 0 Å². The van der Waals surface area contributed by atoms with E-state index in [1.807, 2.05) is 30.5 Å². The van der Waals surface area contributed by atoms with Gasteiger partial charge in [-0.3, -0.25) is 10.1 Å². The van der Waals surface area contributed by atoms with Crippen LogP contribution in [0.2, 0.25) is 0 Å². The zero-order valence-corrected chi connectivity index (χ0v) is 17.2. The Morgan fingerprint density at radius 2 is 1.74 bits per heavy atom. The minimum Gasteiger partial charge on any atom is -0.298 e. The molecule has 2 aromatic heterocycles. The van der Waals surface area contributed by atoms with Gasteiger partial charge in [0.2, 0.25) is 0 Å². The van der Waals surface area contributed by atoms with Crippen LogP contribution in [-0.2, 0) is 12.8 Å². The smallest absolute Gasteiger partial charge is 0.257 e. The maximum atomic E-state index is 12.7. The van der Waals surface area contributed by atoms with Crippen LogP contribution in [0.15, 0.2) is 34.7 Å². The SMILES string of the molecule is CSc1nc2ccc3nc(NC(=O)c4ccc5c(c4)CCCC5)sc3c2s1. The summed E-state index contributed by atoms with van der Waals surface area (Å²) in [6.45, 7) is 0. The number of nitrogens with one attached hydrogen (secondary N) is 1. The number of carbonyl (C=O) groups excluding carboxylic acids is 1. The van der Waals surface area contributed by atoms with E-state index in [0.717, 1.165) is 37.6 Å². The fourth-order valence-corrected chi connectivity index (χ4v) is 6.19. The number of aromatic nitrogens is 2. The Kier molecular flexibility index (Phi) is 4.38. The van der Waals surface area contributed by atoms with Crippen LogP contribution in [0.1, 0.15) is 34.3 Å². The molecule has 0 saturated carbocycles. The zero-order chi connectivity index (χ0) is 18.4. The van der Waals surface area contributed by atoms with Gasteiger partial charge < -0.3 is 0 Å². The van der Waals surface area contributed by atoms with Crippen molar-refractivity contribution in [2.24, 2.45) is 0 Å². The number of rotatable bonds is 3. The third kappa shape index (κ3) is 3.13. The summed E-state index contributed by atoms with van der Waals surface area (Å²) in [7, 11) is 0. The lowest BCUT2D eigenvalue weighted by atomic mass is 9.90. The van der Waals surface area contributed by atoms with Crippen LogP contribution in [0.5, 0.6) is 0 Å². The van der Waals surface area contributed by atoms with Crippen LogP contribution in [0.25, 0.3) is 20.4 Å². The Labute approximate surface area is 169 Å². The molecule has 5 rings (SSSR count). The van der Waals surface area contributed by atoms with E-state index in [0.29, 0.717) is 10.7 Å². The molecule has 1 aliphatic carbocycles. The lowest BCUT2D eigenvalue weighted by Gasteiger charge is -2.16. The molecule has 7 heteroatoms. The topological polar surface area (TPSA) is 54.9 Å². The maximum absolute atomic E-state index is 12.7. The number of thioether (sulfide) groups is 1. The van der Waals surface area contributed by atoms with Crippen LogP contribution in [0.4, 0.5) is 5.13 Å². The Hall–Kier alpha value is -1.96. The van der Waals surface area contributed by atoms with Gasteiger partial charge in [0.1, 0.15) is 0 Å². The number of fused-ring (bicyclic) bond motifs is 4. The number of hydrogen-bond donors (Lipinski definition) is 1. The van der Waals surface area contributed by atoms with Gasteiger partial charge in [-0.15, -0.1) is 11.3 Å². The Bertz CT molecular complexity index is 1180. The van der Waals surface area contributed by atoms with E-state index >= 15 is 0 Å². The van der Waals surface area contributed by atoms with Gasteiger partial charge in [-0.05, 0) is 67.3 Å². The minimum atomic E-state index is -0.0900. The predicted octanol–water partition coefficient (Wildman–Crippen LogP) is 5.76. The van der Waals surface area contributed by atoms with Crippen molar-refractivity contribution in [3.05, 3.63) is 47.0 Å². The number of thiazole rings is 2. The van der Waals surface area contributed by atoms with Gasteiger partial charge in [0, 0.05) is 5.56 Å². The number of hydrogen-bond acceptors (Lipinski definition) is 6. The molecule has 136 valence electrons. The maximum Gasteiger partial charge on any atom is 0.257 e. The third-order valence-electron chi connectivity index (χ3n) is 4.90. The first-order valence-corrected chi connectivity index (χ1v) is 11.7. The first kappa shape index (κ1) is 17.2.